The van der Waals surface area contributed by atoms with E-state index in [2.05, 4.69) is 5.32 Å². The number of nitrogens with zero attached hydrogens (tertiary/aromatic N) is 2. The minimum atomic E-state index is -1.01. The summed E-state index contributed by atoms with van der Waals surface area (Å²) >= 11 is 5.63. The first-order chi connectivity index (χ1) is 11.3. The van der Waals surface area contributed by atoms with E-state index in [0.29, 0.717) is 18.7 Å². The molecule has 130 valence electrons. The van der Waals surface area contributed by atoms with E-state index in [0.717, 1.165) is 0 Å². The molecule has 1 atom stereocenters. The Kier molecular flexibility index (Phi) is 5.61. The third-order valence-electron chi connectivity index (χ3n) is 3.73. The number of benzene rings is 1. The Hall–Kier alpha value is -2.35. The molecule has 1 fully saturated rings. The first-order valence-electron chi connectivity index (χ1n) is 7.29. The van der Waals surface area contributed by atoms with Crippen molar-refractivity contribution in [3.05, 3.63) is 29.0 Å². The Balaban J connectivity index is 1.97. The zero-order valence-corrected chi connectivity index (χ0v) is 13.7. The van der Waals surface area contributed by atoms with Crippen LogP contribution in [-0.2, 0) is 9.59 Å². The molecule has 3 amide bonds. The van der Waals surface area contributed by atoms with Crippen molar-refractivity contribution in [2.45, 2.75) is 18.9 Å². The van der Waals surface area contributed by atoms with Crippen LogP contribution in [0.2, 0.25) is 5.02 Å². The van der Waals surface area contributed by atoms with Gasteiger partial charge in [0.05, 0.1) is 11.4 Å². The SMILES string of the molecule is CN(CCC(=O)O)C(=O)NC1CCN(c2ccc(Cl)c(F)c2)C1=O. The van der Waals surface area contributed by atoms with E-state index in [4.69, 9.17) is 16.7 Å². The molecule has 1 aliphatic rings. The number of nitrogens with one attached hydrogen (secondary N) is 1. The van der Waals surface area contributed by atoms with Crippen molar-refractivity contribution >= 4 is 35.2 Å². The van der Waals surface area contributed by atoms with Gasteiger partial charge < -0.3 is 20.2 Å². The Morgan fingerprint density at radius 1 is 1.50 bits per heavy atom. The maximum Gasteiger partial charge on any atom is 0.317 e. The molecule has 0 bridgehead atoms. The van der Waals surface area contributed by atoms with Crippen LogP contribution in [0.15, 0.2) is 18.2 Å². The second-order valence-corrected chi connectivity index (χ2v) is 5.85. The van der Waals surface area contributed by atoms with E-state index in [-0.39, 0.29) is 23.9 Å². The molecule has 7 nitrogen and oxygen atoms in total. The molecule has 0 spiro atoms. The molecule has 0 saturated carbocycles. The van der Waals surface area contributed by atoms with Crippen LogP contribution >= 0.6 is 11.6 Å². The number of hydrogen-bond donors (Lipinski definition) is 2. The molecule has 1 unspecified atom stereocenters. The van der Waals surface area contributed by atoms with Crippen molar-refractivity contribution in [3.8, 4) is 0 Å². The van der Waals surface area contributed by atoms with Crippen molar-refractivity contribution in [1.82, 2.24) is 10.2 Å². The summed E-state index contributed by atoms with van der Waals surface area (Å²) in [6.07, 6.45) is 0.195. The van der Waals surface area contributed by atoms with Crippen molar-refractivity contribution in [2.75, 3.05) is 25.0 Å². The quantitative estimate of drug-likeness (QED) is 0.839. The van der Waals surface area contributed by atoms with Gasteiger partial charge in [0.2, 0.25) is 5.91 Å². The number of carboxylic acids is 1. The molecule has 1 heterocycles. The van der Waals surface area contributed by atoms with E-state index in [1.165, 1.54) is 35.0 Å². The fourth-order valence-corrected chi connectivity index (χ4v) is 2.46. The number of carbonyl (C=O) groups excluding carboxylic acids is 2. The normalized spacial score (nSPS) is 17.0. The van der Waals surface area contributed by atoms with Gasteiger partial charge in [0.25, 0.3) is 0 Å². The van der Waals surface area contributed by atoms with E-state index in [1.807, 2.05) is 0 Å². The van der Waals surface area contributed by atoms with E-state index < -0.39 is 23.9 Å². The lowest BCUT2D eigenvalue weighted by Crippen LogP contribution is -2.47. The van der Waals surface area contributed by atoms with Crippen LogP contribution in [0.4, 0.5) is 14.9 Å². The Labute approximate surface area is 143 Å². The third-order valence-corrected chi connectivity index (χ3v) is 4.03. The highest BCUT2D eigenvalue weighted by molar-refractivity contribution is 6.30. The molecule has 9 heteroatoms. The smallest absolute Gasteiger partial charge is 0.317 e. The number of carbonyl (C=O) groups is 3. The van der Waals surface area contributed by atoms with Gasteiger partial charge in [-0.1, -0.05) is 11.6 Å². The van der Waals surface area contributed by atoms with E-state index in [1.54, 1.807) is 0 Å². The van der Waals surface area contributed by atoms with Crippen molar-refractivity contribution < 1.29 is 23.9 Å². The molecule has 2 rings (SSSR count). The molecule has 0 radical (unpaired) electrons. The summed E-state index contributed by atoms with van der Waals surface area (Å²) in [5.74, 6) is -1.98. The number of amides is 3. The van der Waals surface area contributed by atoms with Crippen molar-refractivity contribution in [2.24, 2.45) is 0 Å². The van der Waals surface area contributed by atoms with Crippen molar-refractivity contribution in [3.63, 3.8) is 0 Å². The number of anilines is 1. The minimum Gasteiger partial charge on any atom is -0.481 e. The van der Waals surface area contributed by atoms with Crippen LogP contribution in [0.1, 0.15) is 12.8 Å². The lowest BCUT2D eigenvalue weighted by Gasteiger charge is -2.21. The average Bonchev–Trinajstić information content (AvgIpc) is 2.88. The van der Waals surface area contributed by atoms with E-state index >= 15 is 0 Å². The van der Waals surface area contributed by atoms with Gasteiger partial charge in [-0.3, -0.25) is 9.59 Å². The highest BCUT2D eigenvalue weighted by Gasteiger charge is 2.34. The first kappa shape index (κ1) is 18.0. The summed E-state index contributed by atoms with van der Waals surface area (Å²) in [5.41, 5.74) is 0.373. The molecule has 1 saturated heterocycles. The van der Waals surface area contributed by atoms with Crippen molar-refractivity contribution in [1.29, 1.82) is 0 Å². The maximum atomic E-state index is 13.5. The van der Waals surface area contributed by atoms with Crippen LogP contribution < -0.4 is 10.2 Å². The molecule has 1 aliphatic heterocycles. The summed E-state index contributed by atoms with van der Waals surface area (Å²) < 4.78 is 13.5. The van der Waals surface area contributed by atoms with Crippen LogP contribution in [0.3, 0.4) is 0 Å². The van der Waals surface area contributed by atoms with Gasteiger partial charge >= 0.3 is 12.0 Å². The predicted octanol–water partition coefficient (Wildman–Crippen LogP) is 1.70. The molecule has 1 aromatic carbocycles. The highest BCUT2D eigenvalue weighted by atomic mass is 35.5. The number of aliphatic carboxylic acids is 1. The second kappa shape index (κ2) is 7.48. The van der Waals surface area contributed by atoms with Gasteiger partial charge in [0.1, 0.15) is 11.9 Å². The van der Waals surface area contributed by atoms with Crippen LogP contribution in [0.25, 0.3) is 0 Å². The summed E-state index contributed by atoms with van der Waals surface area (Å²) in [4.78, 5) is 37.4. The Bertz CT molecular complexity index is 670. The predicted molar refractivity (Wildman–Crippen MR) is 85.6 cm³/mol. The standard InChI is InChI=1S/C15H17ClFN3O4/c1-19(6-5-13(21)22)15(24)18-12-4-7-20(14(12)23)9-2-3-10(16)11(17)8-9/h2-3,8,12H,4-7H2,1H3,(H,18,24)(H,21,22). The molecular weight excluding hydrogens is 341 g/mol. The fourth-order valence-electron chi connectivity index (χ4n) is 2.35. The van der Waals surface area contributed by atoms with Crippen LogP contribution in [-0.4, -0.2) is 54.1 Å². The molecule has 0 aliphatic carbocycles. The number of urea groups is 1. The highest BCUT2D eigenvalue weighted by Crippen LogP contribution is 2.25. The molecule has 24 heavy (non-hydrogen) atoms. The fraction of sp³-hybridized carbons (Fsp3) is 0.400. The summed E-state index contributed by atoms with van der Waals surface area (Å²) in [6.45, 7) is 0.373. The lowest BCUT2D eigenvalue weighted by molar-refractivity contribution is -0.137. The molecular formula is C15H17ClFN3O4. The Morgan fingerprint density at radius 2 is 2.21 bits per heavy atom. The van der Waals surface area contributed by atoms with Gasteiger partial charge in [-0.2, -0.15) is 0 Å². The molecule has 1 aromatic rings. The van der Waals surface area contributed by atoms with Gasteiger partial charge in [-0.25, -0.2) is 9.18 Å². The van der Waals surface area contributed by atoms with Crippen LogP contribution in [0, 0.1) is 5.82 Å². The summed E-state index contributed by atoms with van der Waals surface area (Å²) in [5, 5.41) is 11.1. The van der Waals surface area contributed by atoms with Gasteiger partial charge in [-0.05, 0) is 24.6 Å². The number of carboxylic acid groups (broad SMARTS) is 1. The lowest BCUT2D eigenvalue weighted by atomic mass is 10.2. The largest absolute Gasteiger partial charge is 0.481 e. The zero-order valence-electron chi connectivity index (χ0n) is 13.0. The topological polar surface area (TPSA) is 89.9 Å². The van der Waals surface area contributed by atoms with E-state index in [9.17, 15) is 18.8 Å². The Morgan fingerprint density at radius 3 is 2.83 bits per heavy atom. The monoisotopic (exact) mass is 357 g/mol. The minimum absolute atomic E-state index is 0.0321. The second-order valence-electron chi connectivity index (χ2n) is 5.44. The summed E-state index contributed by atoms with van der Waals surface area (Å²) in [6, 6.07) is 2.81. The van der Waals surface area contributed by atoms with Gasteiger partial charge in [0, 0.05) is 25.8 Å². The zero-order chi connectivity index (χ0) is 17.9. The molecule has 0 aromatic heterocycles. The van der Waals surface area contributed by atoms with Crippen LogP contribution in [0.5, 0.6) is 0 Å². The van der Waals surface area contributed by atoms with Gasteiger partial charge in [-0.15, -0.1) is 0 Å². The number of rotatable bonds is 5. The maximum absolute atomic E-state index is 13.5. The average molecular weight is 358 g/mol. The van der Waals surface area contributed by atoms with Gasteiger partial charge in [0.15, 0.2) is 0 Å². The summed E-state index contributed by atoms with van der Waals surface area (Å²) in [7, 11) is 1.45. The number of hydrogen-bond acceptors (Lipinski definition) is 3. The number of halogens is 2. The molecule has 2 N–H and O–H groups in total. The third kappa shape index (κ3) is 4.14. The first-order valence-corrected chi connectivity index (χ1v) is 7.67.